The molecule has 8 nitrogen and oxygen atoms in total. The van der Waals surface area contributed by atoms with Crippen LogP contribution in [0.25, 0.3) is 0 Å². The molecule has 0 fully saturated rings. The van der Waals surface area contributed by atoms with Gasteiger partial charge in [0.05, 0.1) is 26.2 Å². The van der Waals surface area contributed by atoms with Gasteiger partial charge in [0, 0.05) is 11.6 Å². The van der Waals surface area contributed by atoms with Crippen LogP contribution in [0.4, 0.5) is 11.4 Å². The number of amides is 1. The monoisotopic (exact) mass is 374 g/mol. The Morgan fingerprint density at radius 1 is 1.19 bits per heavy atom. The van der Waals surface area contributed by atoms with Gasteiger partial charge < -0.3 is 19.7 Å². The largest absolute Gasteiger partial charge is 0.493 e. The Balaban J connectivity index is 2.07. The fraction of sp³-hybridized carbons (Fsp3) is 0.316. The summed E-state index contributed by atoms with van der Waals surface area (Å²) in [5.74, 6) is 0.975. The van der Waals surface area contributed by atoms with Crippen molar-refractivity contribution in [2.24, 2.45) is 0 Å². The molecule has 0 spiro atoms. The Kier molecular flexibility index (Phi) is 6.73. The Morgan fingerprint density at radius 3 is 2.48 bits per heavy atom. The van der Waals surface area contributed by atoms with Crippen LogP contribution in [0.2, 0.25) is 0 Å². The summed E-state index contributed by atoms with van der Waals surface area (Å²) in [6, 6.07) is 11.3. The molecular weight excluding hydrogens is 350 g/mol. The number of carbonyl (C=O) groups is 1. The number of benzene rings is 2. The summed E-state index contributed by atoms with van der Waals surface area (Å²) in [5.41, 5.74) is 1.05. The predicted octanol–water partition coefficient (Wildman–Crippen LogP) is 1.65. The van der Waals surface area contributed by atoms with E-state index in [2.05, 4.69) is 5.32 Å². The number of carbonyl (C=O) groups excluding carboxylic acids is 1. The highest BCUT2D eigenvalue weighted by Gasteiger charge is 2.25. The number of nitrogens with one attached hydrogen (secondary N) is 2. The molecule has 0 saturated carbocycles. The van der Waals surface area contributed by atoms with Gasteiger partial charge in [-0.15, -0.1) is 0 Å². The molecule has 0 bridgehead atoms. The number of anilines is 1. The van der Waals surface area contributed by atoms with Gasteiger partial charge in [-0.25, -0.2) is 0 Å². The summed E-state index contributed by atoms with van der Waals surface area (Å²) < 4.78 is 10.5. The molecule has 144 valence electrons. The van der Waals surface area contributed by atoms with Crippen LogP contribution in [0.15, 0.2) is 42.5 Å². The van der Waals surface area contributed by atoms with Crippen molar-refractivity contribution in [1.29, 1.82) is 0 Å². The van der Waals surface area contributed by atoms with Gasteiger partial charge in [-0.3, -0.25) is 14.9 Å². The second kappa shape index (κ2) is 9.00. The molecule has 2 aromatic rings. The number of hydrogen-bond donors (Lipinski definition) is 2. The van der Waals surface area contributed by atoms with Gasteiger partial charge in [0.25, 0.3) is 11.6 Å². The molecule has 0 aliphatic carbocycles. The number of quaternary nitrogens is 1. The number of ether oxygens (including phenoxy) is 2. The summed E-state index contributed by atoms with van der Waals surface area (Å²) in [4.78, 5) is 24.0. The summed E-state index contributed by atoms with van der Waals surface area (Å²) in [6.07, 6.45) is 0. The average molecular weight is 374 g/mol. The van der Waals surface area contributed by atoms with Gasteiger partial charge in [0.15, 0.2) is 17.5 Å². The minimum Gasteiger partial charge on any atom is -0.493 e. The number of para-hydroxylation sites is 2. The van der Waals surface area contributed by atoms with E-state index in [1.54, 1.807) is 33.3 Å². The first-order chi connectivity index (χ1) is 12.9. The standard InChI is InChI=1S/C19H23N3O5/c1-13(19(23)20-15-7-5-6-8-16(15)22(24)25)21(2)12-14-9-10-17(26-3)18(11-14)27-4/h5-11,13H,12H2,1-4H3,(H,20,23)/p+1/t13-/m0/s1. The number of likely N-dealkylation sites (N-methyl/N-ethyl adjacent to an activating group) is 1. The van der Waals surface area contributed by atoms with E-state index in [1.165, 1.54) is 12.1 Å². The molecule has 0 saturated heterocycles. The zero-order valence-electron chi connectivity index (χ0n) is 15.8. The highest BCUT2D eigenvalue weighted by molar-refractivity contribution is 5.95. The van der Waals surface area contributed by atoms with Gasteiger partial charge in [-0.1, -0.05) is 12.1 Å². The van der Waals surface area contributed by atoms with Crippen LogP contribution >= 0.6 is 0 Å². The molecule has 2 N–H and O–H groups in total. The molecule has 0 aliphatic rings. The molecule has 27 heavy (non-hydrogen) atoms. The van der Waals surface area contributed by atoms with E-state index >= 15 is 0 Å². The third-order valence-corrected chi connectivity index (χ3v) is 4.42. The fourth-order valence-corrected chi connectivity index (χ4v) is 2.67. The molecule has 0 aromatic heterocycles. The van der Waals surface area contributed by atoms with Crippen LogP contribution in [-0.4, -0.2) is 38.1 Å². The van der Waals surface area contributed by atoms with Crippen molar-refractivity contribution < 1.29 is 24.1 Å². The molecular formula is C19H24N3O5+. The number of nitro benzene ring substituents is 1. The summed E-state index contributed by atoms with van der Waals surface area (Å²) in [5, 5.41) is 13.7. The number of hydrogen-bond acceptors (Lipinski definition) is 5. The van der Waals surface area contributed by atoms with E-state index in [0.717, 1.165) is 10.5 Å². The van der Waals surface area contributed by atoms with E-state index in [9.17, 15) is 14.9 Å². The van der Waals surface area contributed by atoms with Crippen molar-refractivity contribution >= 4 is 17.3 Å². The van der Waals surface area contributed by atoms with E-state index in [0.29, 0.717) is 18.0 Å². The minimum atomic E-state index is -0.513. The summed E-state index contributed by atoms with van der Waals surface area (Å²) in [7, 11) is 5.03. The number of methoxy groups -OCH3 is 2. The normalized spacial score (nSPS) is 12.7. The molecule has 0 heterocycles. The second-order valence-corrected chi connectivity index (χ2v) is 6.20. The summed E-state index contributed by atoms with van der Waals surface area (Å²) in [6.45, 7) is 2.35. The lowest BCUT2D eigenvalue weighted by atomic mass is 10.1. The van der Waals surface area contributed by atoms with Gasteiger partial charge >= 0.3 is 0 Å². The van der Waals surface area contributed by atoms with E-state index in [-0.39, 0.29) is 17.3 Å². The molecule has 0 radical (unpaired) electrons. The van der Waals surface area contributed by atoms with Crippen LogP contribution in [0.5, 0.6) is 11.5 Å². The smallest absolute Gasteiger partial charge is 0.292 e. The van der Waals surface area contributed by atoms with E-state index in [1.807, 2.05) is 25.2 Å². The predicted molar refractivity (Wildman–Crippen MR) is 101 cm³/mol. The first-order valence-corrected chi connectivity index (χ1v) is 8.44. The van der Waals surface area contributed by atoms with Gasteiger partial charge in [-0.2, -0.15) is 0 Å². The lowest BCUT2D eigenvalue weighted by Crippen LogP contribution is -3.12. The van der Waals surface area contributed by atoms with Crippen LogP contribution in [0.1, 0.15) is 12.5 Å². The van der Waals surface area contributed by atoms with Crippen LogP contribution in [-0.2, 0) is 11.3 Å². The Morgan fingerprint density at radius 2 is 1.85 bits per heavy atom. The minimum absolute atomic E-state index is 0.129. The van der Waals surface area contributed by atoms with Gasteiger partial charge in [0.2, 0.25) is 0 Å². The van der Waals surface area contributed by atoms with Gasteiger partial charge in [-0.05, 0) is 31.2 Å². The molecule has 2 rings (SSSR count). The first-order valence-electron chi connectivity index (χ1n) is 8.44. The first kappa shape index (κ1) is 20.2. The number of rotatable bonds is 8. The Labute approximate surface area is 157 Å². The van der Waals surface area contributed by atoms with Crippen LogP contribution in [0, 0.1) is 10.1 Å². The van der Waals surface area contributed by atoms with Crippen molar-refractivity contribution in [3.8, 4) is 11.5 Å². The Bertz CT molecular complexity index is 825. The lowest BCUT2D eigenvalue weighted by molar-refractivity contribution is -0.907. The van der Waals surface area contributed by atoms with Crippen LogP contribution in [0.3, 0.4) is 0 Å². The maximum absolute atomic E-state index is 12.5. The maximum atomic E-state index is 12.5. The zero-order valence-corrected chi connectivity index (χ0v) is 15.8. The topological polar surface area (TPSA) is 95.1 Å². The quantitative estimate of drug-likeness (QED) is 0.541. The molecule has 2 atom stereocenters. The summed E-state index contributed by atoms with van der Waals surface area (Å²) >= 11 is 0. The average Bonchev–Trinajstić information content (AvgIpc) is 2.67. The van der Waals surface area contributed by atoms with Crippen molar-refractivity contribution in [2.45, 2.75) is 19.5 Å². The van der Waals surface area contributed by atoms with Gasteiger partial charge in [0.1, 0.15) is 12.2 Å². The van der Waals surface area contributed by atoms with Crippen molar-refractivity contribution in [3.63, 3.8) is 0 Å². The number of nitrogens with zero attached hydrogens (tertiary/aromatic N) is 1. The Hall–Kier alpha value is -3.13. The number of nitro groups is 1. The molecule has 1 unspecified atom stereocenters. The fourth-order valence-electron chi connectivity index (χ4n) is 2.67. The molecule has 1 amide bonds. The molecule has 8 heteroatoms. The molecule has 2 aromatic carbocycles. The highest BCUT2D eigenvalue weighted by atomic mass is 16.6. The second-order valence-electron chi connectivity index (χ2n) is 6.20. The van der Waals surface area contributed by atoms with E-state index in [4.69, 9.17) is 9.47 Å². The zero-order chi connectivity index (χ0) is 20.0. The third-order valence-electron chi connectivity index (χ3n) is 4.42. The highest BCUT2D eigenvalue weighted by Crippen LogP contribution is 2.27. The van der Waals surface area contributed by atoms with Crippen molar-refractivity contribution in [2.75, 3.05) is 26.6 Å². The lowest BCUT2D eigenvalue weighted by Gasteiger charge is -2.21. The van der Waals surface area contributed by atoms with Crippen molar-refractivity contribution in [3.05, 3.63) is 58.1 Å². The maximum Gasteiger partial charge on any atom is 0.292 e. The van der Waals surface area contributed by atoms with E-state index < -0.39 is 11.0 Å². The van der Waals surface area contributed by atoms with Crippen molar-refractivity contribution in [1.82, 2.24) is 0 Å². The third kappa shape index (κ3) is 4.95. The SMILES string of the molecule is COc1ccc(C[NH+](C)[C@@H](C)C(=O)Nc2ccccc2[N+](=O)[O-])cc1OC. The van der Waals surface area contributed by atoms with Crippen LogP contribution < -0.4 is 19.7 Å². The molecule has 0 aliphatic heterocycles.